The number of hydrogen-bond donors (Lipinski definition) is 1. The molecule has 4 rings (SSSR count). The Balaban J connectivity index is 1.94. The van der Waals surface area contributed by atoms with Crippen molar-refractivity contribution in [1.82, 2.24) is 9.78 Å². The third-order valence-corrected chi connectivity index (χ3v) is 5.70. The Hall–Kier alpha value is -1.68. The third kappa shape index (κ3) is 3.20. The highest BCUT2D eigenvalue weighted by Gasteiger charge is 2.22. The lowest BCUT2D eigenvalue weighted by molar-refractivity contribution is 0.779. The van der Waals surface area contributed by atoms with Gasteiger partial charge in [-0.15, -0.1) is 0 Å². The number of aryl methyl sites for hydroxylation is 1. The number of aromatic nitrogens is 2. The lowest BCUT2D eigenvalue weighted by Crippen LogP contribution is -2.08. The van der Waals surface area contributed by atoms with Crippen LogP contribution in [0.1, 0.15) is 24.0 Å². The molecule has 1 aliphatic heterocycles. The molecule has 0 saturated carbocycles. The minimum absolute atomic E-state index is 0.535. The van der Waals surface area contributed by atoms with Gasteiger partial charge in [-0.05, 0) is 56.0 Å². The summed E-state index contributed by atoms with van der Waals surface area (Å²) in [7, 11) is 0. The van der Waals surface area contributed by atoms with Crippen LogP contribution in [0.3, 0.4) is 0 Å². The average Bonchev–Trinajstić information content (AvgIpc) is 2.81. The number of nitrogens with zero attached hydrogens (tertiary/aromatic N) is 2. The summed E-state index contributed by atoms with van der Waals surface area (Å²) in [5.74, 6) is 1.04. The van der Waals surface area contributed by atoms with Crippen molar-refractivity contribution in [2.45, 2.75) is 26.2 Å². The second kappa shape index (κ2) is 7.15. The molecule has 26 heavy (non-hydrogen) atoms. The van der Waals surface area contributed by atoms with Crippen LogP contribution >= 0.6 is 34.8 Å². The summed E-state index contributed by atoms with van der Waals surface area (Å²) in [4.78, 5) is 0. The summed E-state index contributed by atoms with van der Waals surface area (Å²) in [5, 5.41) is 10.3. The molecule has 3 nitrogen and oxygen atoms in total. The van der Waals surface area contributed by atoms with Gasteiger partial charge < -0.3 is 5.32 Å². The van der Waals surface area contributed by atoms with Gasteiger partial charge in [0.2, 0.25) is 0 Å². The van der Waals surface area contributed by atoms with Crippen molar-refractivity contribution in [2.24, 2.45) is 0 Å². The molecule has 0 radical (unpaired) electrons. The van der Waals surface area contributed by atoms with Gasteiger partial charge in [-0.2, -0.15) is 5.10 Å². The highest BCUT2D eigenvalue weighted by atomic mass is 35.5. The Morgan fingerprint density at radius 1 is 1.00 bits per heavy atom. The van der Waals surface area contributed by atoms with Gasteiger partial charge in [-0.1, -0.05) is 46.9 Å². The van der Waals surface area contributed by atoms with Crippen molar-refractivity contribution in [1.29, 1.82) is 0 Å². The van der Waals surface area contributed by atoms with Crippen molar-refractivity contribution in [3.63, 3.8) is 0 Å². The lowest BCUT2D eigenvalue weighted by Gasteiger charge is -2.12. The molecule has 0 saturated heterocycles. The molecule has 1 N–H and O–H groups in total. The summed E-state index contributed by atoms with van der Waals surface area (Å²) < 4.78 is 1.97. The van der Waals surface area contributed by atoms with Crippen molar-refractivity contribution in [2.75, 3.05) is 11.9 Å². The van der Waals surface area contributed by atoms with Crippen LogP contribution in [-0.4, -0.2) is 16.3 Å². The maximum atomic E-state index is 6.25. The maximum Gasteiger partial charge on any atom is 0.133 e. The summed E-state index contributed by atoms with van der Waals surface area (Å²) in [6.45, 7) is 2.99. The van der Waals surface area contributed by atoms with E-state index < -0.39 is 0 Å². The second-order valence-electron chi connectivity index (χ2n) is 6.53. The summed E-state index contributed by atoms with van der Waals surface area (Å²) in [5.41, 5.74) is 5.21. The fourth-order valence-electron chi connectivity index (χ4n) is 3.36. The zero-order valence-corrected chi connectivity index (χ0v) is 16.6. The fourth-order valence-corrected chi connectivity index (χ4v) is 3.83. The number of hydrogen-bond acceptors (Lipinski definition) is 2. The SMILES string of the molecule is Cc1ccc(Cl)cc1-n1nc(-c2ccc(Cl)c(Cl)c2)c2c1NCCCC2. The summed E-state index contributed by atoms with van der Waals surface area (Å²) >= 11 is 18.6. The van der Waals surface area contributed by atoms with Crippen LogP contribution in [-0.2, 0) is 6.42 Å². The zero-order valence-electron chi connectivity index (χ0n) is 14.3. The van der Waals surface area contributed by atoms with Gasteiger partial charge in [-0.25, -0.2) is 4.68 Å². The lowest BCUT2D eigenvalue weighted by atomic mass is 10.0. The van der Waals surface area contributed by atoms with Crippen LogP contribution in [0.15, 0.2) is 36.4 Å². The minimum atomic E-state index is 0.535. The molecule has 0 aliphatic carbocycles. The highest BCUT2D eigenvalue weighted by molar-refractivity contribution is 6.42. The molecule has 1 aromatic heterocycles. The normalized spacial score (nSPS) is 13.8. The Kier molecular flexibility index (Phi) is 4.87. The number of anilines is 1. The van der Waals surface area contributed by atoms with E-state index in [9.17, 15) is 0 Å². The first-order valence-electron chi connectivity index (χ1n) is 8.62. The van der Waals surface area contributed by atoms with Gasteiger partial charge in [0.1, 0.15) is 5.82 Å². The molecule has 134 valence electrons. The van der Waals surface area contributed by atoms with Crippen molar-refractivity contribution in [3.05, 3.63) is 62.6 Å². The van der Waals surface area contributed by atoms with Gasteiger partial charge in [0.05, 0.1) is 21.4 Å². The smallest absolute Gasteiger partial charge is 0.133 e. The molecule has 1 aliphatic rings. The van der Waals surface area contributed by atoms with Crippen LogP contribution in [0, 0.1) is 6.92 Å². The Labute approximate surface area is 167 Å². The van der Waals surface area contributed by atoms with Gasteiger partial charge in [0, 0.05) is 22.7 Å². The number of fused-ring (bicyclic) bond motifs is 1. The van der Waals surface area contributed by atoms with E-state index in [0.29, 0.717) is 15.1 Å². The van der Waals surface area contributed by atoms with E-state index in [-0.39, 0.29) is 0 Å². The largest absolute Gasteiger partial charge is 0.370 e. The molecular weight excluding hydrogens is 389 g/mol. The Bertz CT molecular complexity index is 979. The predicted octanol–water partition coefficient (Wildman–Crippen LogP) is 6.56. The van der Waals surface area contributed by atoms with E-state index >= 15 is 0 Å². The molecule has 0 unspecified atom stereocenters. The van der Waals surface area contributed by atoms with Crippen LogP contribution in [0.5, 0.6) is 0 Å². The van der Waals surface area contributed by atoms with Crippen molar-refractivity contribution in [3.8, 4) is 16.9 Å². The summed E-state index contributed by atoms with van der Waals surface area (Å²) in [6.07, 6.45) is 3.22. The predicted molar refractivity (Wildman–Crippen MR) is 110 cm³/mol. The number of rotatable bonds is 2. The molecule has 0 spiro atoms. The molecule has 0 bridgehead atoms. The highest BCUT2D eigenvalue weighted by Crippen LogP contribution is 2.37. The van der Waals surface area contributed by atoms with Crippen LogP contribution in [0.2, 0.25) is 15.1 Å². The molecule has 0 amide bonds. The van der Waals surface area contributed by atoms with Gasteiger partial charge >= 0.3 is 0 Å². The first-order valence-corrected chi connectivity index (χ1v) is 9.75. The Morgan fingerprint density at radius 3 is 2.65 bits per heavy atom. The van der Waals surface area contributed by atoms with E-state index in [2.05, 4.69) is 12.2 Å². The topological polar surface area (TPSA) is 29.9 Å². The van der Waals surface area contributed by atoms with E-state index in [1.165, 1.54) is 5.56 Å². The van der Waals surface area contributed by atoms with E-state index in [1.807, 2.05) is 41.1 Å². The molecule has 3 aromatic rings. The Morgan fingerprint density at radius 2 is 1.85 bits per heavy atom. The standard InChI is InChI=1S/C20H18Cl3N3/c1-12-5-7-14(21)11-18(12)26-20-15(4-2-3-9-24-20)19(25-26)13-6-8-16(22)17(23)10-13/h5-8,10-11,24H,2-4,9H2,1H3. The second-order valence-corrected chi connectivity index (χ2v) is 7.78. The van der Waals surface area contributed by atoms with Crippen molar-refractivity contribution >= 4 is 40.6 Å². The molecule has 0 atom stereocenters. The number of nitrogens with one attached hydrogen (secondary N) is 1. The van der Waals surface area contributed by atoms with E-state index in [1.54, 1.807) is 0 Å². The molecule has 6 heteroatoms. The van der Waals surface area contributed by atoms with Crippen LogP contribution in [0.4, 0.5) is 5.82 Å². The molecular formula is C20H18Cl3N3. The van der Waals surface area contributed by atoms with E-state index in [0.717, 1.165) is 54.1 Å². The maximum absolute atomic E-state index is 6.25. The first kappa shape index (κ1) is 17.7. The average molecular weight is 407 g/mol. The quantitative estimate of drug-likeness (QED) is 0.522. The van der Waals surface area contributed by atoms with E-state index in [4.69, 9.17) is 39.9 Å². The molecule has 2 aromatic carbocycles. The van der Waals surface area contributed by atoms with Gasteiger partial charge in [-0.3, -0.25) is 0 Å². The van der Waals surface area contributed by atoms with Crippen molar-refractivity contribution < 1.29 is 0 Å². The molecule has 0 fully saturated rings. The summed E-state index contributed by atoms with van der Waals surface area (Å²) in [6, 6.07) is 11.5. The van der Waals surface area contributed by atoms with Gasteiger partial charge in [0.25, 0.3) is 0 Å². The first-order chi connectivity index (χ1) is 12.5. The molecule has 2 heterocycles. The van der Waals surface area contributed by atoms with Gasteiger partial charge in [0.15, 0.2) is 0 Å². The van der Waals surface area contributed by atoms with Crippen LogP contribution < -0.4 is 5.32 Å². The minimum Gasteiger partial charge on any atom is -0.370 e. The fraction of sp³-hybridized carbons (Fsp3) is 0.250. The monoisotopic (exact) mass is 405 g/mol. The number of halogens is 3. The third-order valence-electron chi connectivity index (χ3n) is 4.72. The van der Waals surface area contributed by atoms with Crippen LogP contribution in [0.25, 0.3) is 16.9 Å². The number of benzene rings is 2. The zero-order chi connectivity index (χ0) is 18.3.